The summed E-state index contributed by atoms with van der Waals surface area (Å²) in [6.45, 7) is 4.64. The molecule has 5 saturated carbocycles. The first-order valence-electron chi connectivity index (χ1n) is 9.60. The van der Waals surface area contributed by atoms with Gasteiger partial charge < -0.3 is 5.11 Å². The highest BCUT2D eigenvalue weighted by Crippen LogP contribution is 2.82. The van der Waals surface area contributed by atoms with Gasteiger partial charge in [0.1, 0.15) is 0 Å². The lowest BCUT2D eigenvalue weighted by molar-refractivity contribution is -0.164. The second-order valence-corrected chi connectivity index (χ2v) is 9.79. The molecule has 3 heteroatoms. The Balaban J connectivity index is 1.54. The summed E-state index contributed by atoms with van der Waals surface area (Å²) in [7, 11) is 0. The van der Waals surface area contributed by atoms with Crippen molar-refractivity contribution in [2.75, 3.05) is 0 Å². The molecule has 0 bridgehead atoms. The van der Waals surface area contributed by atoms with E-state index in [4.69, 9.17) is 0 Å². The third-order valence-corrected chi connectivity index (χ3v) is 9.47. The Bertz CT molecular complexity index is 612. The van der Waals surface area contributed by atoms with Gasteiger partial charge in [0.15, 0.2) is 5.78 Å². The minimum Gasteiger partial charge on any atom is -0.393 e. The van der Waals surface area contributed by atoms with E-state index in [0.29, 0.717) is 23.7 Å². The summed E-state index contributed by atoms with van der Waals surface area (Å²) in [6, 6.07) is 0. The molecule has 0 aromatic rings. The van der Waals surface area contributed by atoms with Crippen molar-refractivity contribution in [3.05, 3.63) is 0 Å². The molecule has 126 valence electrons. The van der Waals surface area contributed by atoms with Crippen LogP contribution in [0.2, 0.25) is 0 Å². The highest BCUT2D eigenvalue weighted by Gasteiger charge is 2.78. The Hall–Kier alpha value is -0.700. The zero-order valence-electron chi connectivity index (χ0n) is 14.3. The van der Waals surface area contributed by atoms with Crippen LogP contribution >= 0.6 is 0 Å². The first kappa shape index (κ1) is 14.6. The Labute approximate surface area is 138 Å². The Morgan fingerprint density at radius 1 is 1.04 bits per heavy atom. The first-order chi connectivity index (χ1) is 10.8. The van der Waals surface area contributed by atoms with Crippen molar-refractivity contribution in [2.45, 2.75) is 71.3 Å². The van der Waals surface area contributed by atoms with E-state index in [9.17, 15) is 14.7 Å². The number of aliphatic hydroxyl groups is 1. The number of carbonyl (C=O) groups excluding carboxylic acids is 2. The second-order valence-electron chi connectivity index (χ2n) is 9.79. The lowest BCUT2D eigenvalue weighted by Crippen LogP contribution is -2.58. The zero-order chi connectivity index (χ0) is 16.2. The van der Waals surface area contributed by atoms with Gasteiger partial charge in [-0.3, -0.25) is 9.59 Å². The van der Waals surface area contributed by atoms with E-state index < -0.39 is 0 Å². The standard InChI is InChI=1S/C20H28O3/c1-18-7-6-15(21)17(23)14(18)4-3-13-12(18)5-8-19(2)16(22)9-11-10-20(11,13)19/h11-14,16,22H,3-10H2,1-2H3/t11?,12-,13+,14?,16?,18+,19+,20?/m0/s1. The van der Waals surface area contributed by atoms with E-state index in [-0.39, 0.29) is 34.4 Å². The highest BCUT2D eigenvalue weighted by molar-refractivity contribution is 6.38. The van der Waals surface area contributed by atoms with Crippen molar-refractivity contribution in [1.29, 1.82) is 0 Å². The van der Waals surface area contributed by atoms with Crippen LogP contribution in [0.3, 0.4) is 0 Å². The van der Waals surface area contributed by atoms with Crippen molar-refractivity contribution >= 4 is 11.6 Å². The molecule has 0 aliphatic heterocycles. The van der Waals surface area contributed by atoms with Crippen molar-refractivity contribution in [3.8, 4) is 0 Å². The molecule has 5 aliphatic rings. The highest BCUT2D eigenvalue weighted by atomic mass is 16.3. The smallest absolute Gasteiger partial charge is 0.201 e. The van der Waals surface area contributed by atoms with E-state index in [1.807, 2.05) is 0 Å². The molecule has 3 nitrogen and oxygen atoms in total. The maximum Gasteiger partial charge on any atom is 0.201 e. The predicted molar refractivity (Wildman–Crippen MR) is 85.6 cm³/mol. The zero-order valence-corrected chi connectivity index (χ0v) is 14.3. The largest absolute Gasteiger partial charge is 0.393 e. The molecule has 5 aliphatic carbocycles. The third-order valence-electron chi connectivity index (χ3n) is 9.47. The molecule has 0 aromatic heterocycles. The van der Waals surface area contributed by atoms with E-state index in [2.05, 4.69) is 13.8 Å². The van der Waals surface area contributed by atoms with Crippen LogP contribution in [0.1, 0.15) is 65.2 Å². The van der Waals surface area contributed by atoms with Crippen LogP contribution < -0.4 is 0 Å². The summed E-state index contributed by atoms with van der Waals surface area (Å²) in [6.07, 6.45) is 7.80. The second kappa shape index (κ2) is 4.09. The first-order valence-corrected chi connectivity index (χ1v) is 9.60. The SMILES string of the molecule is C[C@]12CCC(=O)C(=O)C1CC[C@@H]1[C@@H]2CC[C@]2(C)C(O)CC3CC312. The van der Waals surface area contributed by atoms with Gasteiger partial charge in [-0.05, 0) is 78.9 Å². The van der Waals surface area contributed by atoms with Gasteiger partial charge in [-0.1, -0.05) is 13.8 Å². The van der Waals surface area contributed by atoms with E-state index in [1.165, 1.54) is 6.42 Å². The van der Waals surface area contributed by atoms with Gasteiger partial charge in [0.2, 0.25) is 5.78 Å². The molecule has 1 spiro atoms. The molecule has 0 amide bonds. The summed E-state index contributed by atoms with van der Waals surface area (Å²) in [5, 5.41) is 10.6. The Morgan fingerprint density at radius 2 is 1.83 bits per heavy atom. The van der Waals surface area contributed by atoms with Crippen LogP contribution in [0.25, 0.3) is 0 Å². The summed E-state index contributed by atoms with van der Waals surface area (Å²) < 4.78 is 0. The fraction of sp³-hybridized carbons (Fsp3) is 0.900. The van der Waals surface area contributed by atoms with E-state index in [1.54, 1.807) is 0 Å². The minimum absolute atomic E-state index is 0.0192. The van der Waals surface area contributed by atoms with Gasteiger partial charge in [0.05, 0.1) is 6.10 Å². The molecule has 0 aromatic carbocycles. The Kier molecular flexibility index (Phi) is 2.60. The van der Waals surface area contributed by atoms with Crippen molar-refractivity contribution in [2.24, 2.45) is 39.9 Å². The number of hydrogen-bond donors (Lipinski definition) is 1. The topological polar surface area (TPSA) is 54.4 Å². The number of hydrogen-bond acceptors (Lipinski definition) is 3. The lowest BCUT2D eigenvalue weighted by Gasteiger charge is -2.60. The van der Waals surface area contributed by atoms with E-state index in [0.717, 1.165) is 44.4 Å². The average molecular weight is 316 g/mol. The summed E-state index contributed by atoms with van der Waals surface area (Å²) in [4.78, 5) is 24.4. The van der Waals surface area contributed by atoms with Crippen molar-refractivity contribution < 1.29 is 14.7 Å². The number of aliphatic hydroxyl groups excluding tert-OH is 1. The van der Waals surface area contributed by atoms with Crippen LogP contribution in [0.15, 0.2) is 0 Å². The monoisotopic (exact) mass is 316 g/mol. The minimum atomic E-state index is -0.123. The summed E-state index contributed by atoms with van der Waals surface area (Å²) >= 11 is 0. The molecule has 0 saturated heterocycles. The van der Waals surface area contributed by atoms with Crippen LogP contribution in [0.5, 0.6) is 0 Å². The molecular formula is C20H28O3. The summed E-state index contributed by atoms with van der Waals surface area (Å²) in [5.74, 6) is 1.77. The molecule has 8 atom stereocenters. The number of rotatable bonds is 0. The number of ketones is 2. The van der Waals surface area contributed by atoms with Gasteiger partial charge in [-0.15, -0.1) is 0 Å². The number of carbonyl (C=O) groups is 2. The molecule has 0 heterocycles. The fourth-order valence-corrected chi connectivity index (χ4v) is 8.15. The van der Waals surface area contributed by atoms with Crippen LogP contribution in [-0.2, 0) is 9.59 Å². The molecule has 5 fully saturated rings. The number of fused-ring (bicyclic) bond motifs is 3. The lowest BCUT2D eigenvalue weighted by atomic mass is 9.43. The maximum atomic E-state index is 12.5. The van der Waals surface area contributed by atoms with Crippen molar-refractivity contribution in [1.82, 2.24) is 0 Å². The van der Waals surface area contributed by atoms with Crippen molar-refractivity contribution in [3.63, 3.8) is 0 Å². The Morgan fingerprint density at radius 3 is 2.61 bits per heavy atom. The molecule has 23 heavy (non-hydrogen) atoms. The van der Waals surface area contributed by atoms with Gasteiger partial charge in [0, 0.05) is 12.3 Å². The van der Waals surface area contributed by atoms with Gasteiger partial charge in [-0.2, -0.15) is 0 Å². The molecule has 4 unspecified atom stereocenters. The molecule has 1 N–H and O–H groups in total. The average Bonchev–Trinajstić information content (AvgIpc) is 3.17. The predicted octanol–water partition coefficient (Wildman–Crippen LogP) is 3.14. The number of Topliss-reactive ketones (excluding diaryl/α,β-unsaturated/α-hetero) is 2. The fourth-order valence-electron chi connectivity index (χ4n) is 8.15. The summed E-state index contributed by atoms with van der Waals surface area (Å²) in [5.41, 5.74) is 0.495. The third kappa shape index (κ3) is 1.44. The molecular weight excluding hydrogens is 288 g/mol. The van der Waals surface area contributed by atoms with Gasteiger partial charge in [-0.25, -0.2) is 0 Å². The normalized spacial score (nSPS) is 60.6. The van der Waals surface area contributed by atoms with Gasteiger partial charge in [0.25, 0.3) is 0 Å². The molecule has 0 radical (unpaired) electrons. The van der Waals surface area contributed by atoms with E-state index >= 15 is 0 Å². The van der Waals surface area contributed by atoms with Crippen LogP contribution in [0.4, 0.5) is 0 Å². The van der Waals surface area contributed by atoms with Crippen LogP contribution in [0, 0.1) is 39.9 Å². The molecule has 5 rings (SSSR count). The maximum absolute atomic E-state index is 12.5. The quantitative estimate of drug-likeness (QED) is 0.699. The van der Waals surface area contributed by atoms with Gasteiger partial charge >= 0.3 is 0 Å². The van der Waals surface area contributed by atoms with Crippen LogP contribution in [-0.4, -0.2) is 22.8 Å².